The zero-order chi connectivity index (χ0) is 21.6. The number of esters is 1. The second kappa shape index (κ2) is 20.6. The van der Waals surface area contributed by atoms with Gasteiger partial charge in [0.05, 0.1) is 19.0 Å². The van der Waals surface area contributed by atoms with Crippen LogP contribution in [0.4, 0.5) is 0 Å². The quantitative estimate of drug-likeness (QED) is 0.133. The lowest BCUT2D eigenvalue weighted by atomic mass is 10.0. The summed E-state index contributed by atoms with van der Waals surface area (Å²) in [5, 5.41) is 0. The molecule has 29 heavy (non-hydrogen) atoms. The van der Waals surface area contributed by atoms with Crippen molar-refractivity contribution in [3.63, 3.8) is 0 Å². The number of hydrogen-bond acceptors (Lipinski definition) is 5. The molecular weight excluding hydrogens is 392 g/mol. The van der Waals surface area contributed by atoms with Crippen molar-refractivity contribution in [3.8, 4) is 0 Å². The summed E-state index contributed by atoms with van der Waals surface area (Å²) in [7, 11) is -3.99. The summed E-state index contributed by atoms with van der Waals surface area (Å²) < 4.78 is 39.5. The SMILES string of the molecule is CCCCCCCCCCCCCCCCCC(=O)OCCOCCS(=O)(=O)O. The minimum Gasteiger partial charge on any atom is -0.463 e. The van der Waals surface area contributed by atoms with E-state index >= 15 is 0 Å². The van der Waals surface area contributed by atoms with Crippen LogP contribution in [0.5, 0.6) is 0 Å². The van der Waals surface area contributed by atoms with E-state index in [0.29, 0.717) is 6.42 Å². The van der Waals surface area contributed by atoms with Gasteiger partial charge in [-0.1, -0.05) is 96.8 Å². The third-order valence-corrected chi connectivity index (χ3v) is 5.64. The summed E-state index contributed by atoms with van der Waals surface area (Å²) in [6, 6.07) is 0. The number of rotatable bonds is 22. The molecule has 0 amide bonds. The first-order valence-electron chi connectivity index (χ1n) is 11.6. The fourth-order valence-electron chi connectivity index (χ4n) is 3.19. The summed E-state index contributed by atoms with van der Waals surface area (Å²) in [4.78, 5) is 11.6. The van der Waals surface area contributed by atoms with Gasteiger partial charge in [-0.2, -0.15) is 8.42 Å². The summed E-state index contributed by atoms with van der Waals surface area (Å²) >= 11 is 0. The third-order valence-electron chi connectivity index (χ3n) is 4.96. The van der Waals surface area contributed by atoms with Crippen molar-refractivity contribution in [3.05, 3.63) is 0 Å². The van der Waals surface area contributed by atoms with Crippen LogP contribution in [0.25, 0.3) is 0 Å². The zero-order valence-corrected chi connectivity index (χ0v) is 19.4. The lowest BCUT2D eigenvalue weighted by molar-refractivity contribution is -0.145. The van der Waals surface area contributed by atoms with Crippen LogP contribution in [0.2, 0.25) is 0 Å². The molecule has 6 nitrogen and oxygen atoms in total. The van der Waals surface area contributed by atoms with Crippen LogP contribution >= 0.6 is 0 Å². The van der Waals surface area contributed by atoms with Gasteiger partial charge in [0.15, 0.2) is 0 Å². The normalized spacial score (nSPS) is 11.7. The molecule has 0 aromatic rings. The molecule has 1 N–H and O–H groups in total. The van der Waals surface area contributed by atoms with Crippen molar-refractivity contribution in [2.45, 2.75) is 110 Å². The molecule has 0 aromatic carbocycles. The largest absolute Gasteiger partial charge is 0.463 e. The van der Waals surface area contributed by atoms with Crippen molar-refractivity contribution in [2.75, 3.05) is 25.6 Å². The van der Waals surface area contributed by atoms with Gasteiger partial charge in [-0.05, 0) is 6.42 Å². The predicted octanol–water partition coefficient (Wildman–Crippen LogP) is 5.70. The Morgan fingerprint density at radius 2 is 1.14 bits per heavy atom. The third kappa shape index (κ3) is 25.3. The Morgan fingerprint density at radius 3 is 1.59 bits per heavy atom. The molecule has 0 aromatic heterocycles. The first kappa shape index (κ1) is 28.3. The van der Waals surface area contributed by atoms with E-state index in [1.807, 2.05) is 0 Å². The van der Waals surface area contributed by atoms with E-state index < -0.39 is 15.9 Å². The van der Waals surface area contributed by atoms with Crippen LogP contribution in [0.15, 0.2) is 0 Å². The number of hydrogen-bond donors (Lipinski definition) is 1. The topological polar surface area (TPSA) is 89.9 Å². The maximum absolute atomic E-state index is 11.6. The monoisotopic (exact) mass is 436 g/mol. The molecule has 0 bridgehead atoms. The molecule has 0 heterocycles. The average Bonchev–Trinajstić information content (AvgIpc) is 2.66. The van der Waals surface area contributed by atoms with Gasteiger partial charge < -0.3 is 9.47 Å². The van der Waals surface area contributed by atoms with Crippen molar-refractivity contribution < 1.29 is 27.2 Å². The fourth-order valence-corrected chi connectivity index (χ4v) is 3.52. The van der Waals surface area contributed by atoms with E-state index in [2.05, 4.69) is 6.92 Å². The predicted molar refractivity (Wildman–Crippen MR) is 118 cm³/mol. The Balaban J connectivity index is 3.19. The van der Waals surface area contributed by atoms with E-state index in [-0.39, 0.29) is 25.8 Å². The van der Waals surface area contributed by atoms with Crippen LogP contribution in [0.3, 0.4) is 0 Å². The Kier molecular flexibility index (Phi) is 20.1. The molecule has 0 saturated carbocycles. The second-order valence-corrected chi connectivity index (χ2v) is 9.39. The summed E-state index contributed by atoms with van der Waals surface area (Å²) in [5.41, 5.74) is 0. The highest BCUT2D eigenvalue weighted by Crippen LogP contribution is 2.13. The average molecular weight is 437 g/mol. The van der Waals surface area contributed by atoms with Crippen molar-refractivity contribution in [2.24, 2.45) is 0 Å². The van der Waals surface area contributed by atoms with Crippen LogP contribution < -0.4 is 0 Å². The summed E-state index contributed by atoms with van der Waals surface area (Å²) in [6.45, 7) is 2.41. The lowest BCUT2D eigenvalue weighted by Crippen LogP contribution is -2.15. The number of unbranched alkanes of at least 4 members (excludes halogenated alkanes) is 14. The van der Waals surface area contributed by atoms with E-state index in [0.717, 1.165) is 12.8 Å². The molecule has 0 aliphatic rings. The Labute approximate surface area is 178 Å². The number of ether oxygens (including phenoxy) is 2. The Bertz CT molecular complexity index is 464. The van der Waals surface area contributed by atoms with Crippen LogP contribution in [-0.2, 0) is 24.4 Å². The first-order chi connectivity index (χ1) is 14.0. The number of carbonyl (C=O) groups is 1. The van der Waals surface area contributed by atoms with Gasteiger partial charge in [-0.15, -0.1) is 0 Å². The lowest BCUT2D eigenvalue weighted by Gasteiger charge is -2.06. The molecule has 0 saturated heterocycles. The van der Waals surface area contributed by atoms with E-state index in [4.69, 9.17) is 14.0 Å². The van der Waals surface area contributed by atoms with Crippen molar-refractivity contribution >= 4 is 16.1 Å². The first-order valence-corrected chi connectivity index (χ1v) is 13.2. The van der Waals surface area contributed by atoms with Crippen molar-refractivity contribution in [1.29, 1.82) is 0 Å². The fraction of sp³-hybridized carbons (Fsp3) is 0.955. The van der Waals surface area contributed by atoms with Crippen LogP contribution in [-0.4, -0.2) is 44.5 Å². The summed E-state index contributed by atoms with van der Waals surface area (Å²) in [6.07, 6.45) is 19.8. The van der Waals surface area contributed by atoms with E-state index in [1.54, 1.807) is 0 Å². The minimum absolute atomic E-state index is 0.102. The van der Waals surface area contributed by atoms with Crippen LogP contribution in [0, 0.1) is 0 Å². The molecule has 0 aliphatic carbocycles. The molecule has 0 unspecified atom stereocenters. The van der Waals surface area contributed by atoms with Gasteiger partial charge in [-0.25, -0.2) is 0 Å². The van der Waals surface area contributed by atoms with Gasteiger partial charge in [-0.3, -0.25) is 9.35 Å². The molecule has 0 rings (SSSR count). The van der Waals surface area contributed by atoms with Gasteiger partial charge in [0.2, 0.25) is 0 Å². The van der Waals surface area contributed by atoms with Crippen molar-refractivity contribution in [1.82, 2.24) is 0 Å². The van der Waals surface area contributed by atoms with Gasteiger partial charge >= 0.3 is 5.97 Å². The molecule has 0 fully saturated rings. The molecule has 0 spiro atoms. The molecule has 0 aliphatic heterocycles. The Morgan fingerprint density at radius 1 is 0.690 bits per heavy atom. The highest BCUT2D eigenvalue weighted by atomic mass is 32.2. The second-order valence-electron chi connectivity index (χ2n) is 7.82. The van der Waals surface area contributed by atoms with Gasteiger partial charge in [0, 0.05) is 6.42 Å². The maximum Gasteiger partial charge on any atom is 0.305 e. The molecular formula is C22H44O6S. The smallest absolute Gasteiger partial charge is 0.305 e. The van der Waals surface area contributed by atoms with E-state index in [9.17, 15) is 13.2 Å². The van der Waals surface area contributed by atoms with Gasteiger partial charge in [0.1, 0.15) is 6.61 Å². The maximum atomic E-state index is 11.6. The highest BCUT2D eigenvalue weighted by molar-refractivity contribution is 7.85. The van der Waals surface area contributed by atoms with Crippen LogP contribution in [0.1, 0.15) is 110 Å². The Hall–Kier alpha value is -0.660. The summed E-state index contributed by atoms with van der Waals surface area (Å²) in [5.74, 6) is -0.682. The minimum atomic E-state index is -3.99. The standard InChI is InChI=1S/C22H44O6S/c1-2-3-4-5-6-7-8-9-10-11-12-13-14-15-16-17-22(23)28-19-18-27-20-21-29(24,25)26/h2-21H2,1H3,(H,24,25,26). The molecule has 174 valence electrons. The number of carbonyl (C=O) groups excluding carboxylic acids is 1. The highest BCUT2D eigenvalue weighted by Gasteiger charge is 2.05. The zero-order valence-electron chi connectivity index (χ0n) is 18.5. The molecule has 7 heteroatoms. The molecule has 0 atom stereocenters. The molecule has 0 radical (unpaired) electrons. The van der Waals surface area contributed by atoms with E-state index in [1.165, 1.54) is 83.5 Å². The van der Waals surface area contributed by atoms with Gasteiger partial charge in [0.25, 0.3) is 10.1 Å².